The van der Waals surface area contributed by atoms with E-state index in [0.29, 0.717) is 12.1 Å². The van der Waals surface area contributed by atoms with E-state index in [4.69, 9.17) is 0 Å². The van der Waals surface area contributed by atoms with Crippen LogP contribution in [0.3, 0.4) is 0 Å². The summed E-state index contributed by atoms with van der Waals surface area (Å²) in [6.45, 7) is 5.81. The van der Waals surface area contributed by atoms with E-state index in [1.54, 1.807) is 24.3 Å². The number of sulfonamides is 1. The normalized spacial score (nSPS) is 25.6. The molecule has 0 radical (unpaired) electrons. The second kappa shape index (κ2) is 5.23. The molecule has 22 heavy (non-hydrogen) atoms. The van der Waals surface area contributed by atoms with E-state index in [1.165, 1.54) is 4.31 Å². The van der Waals surface area contributed by atoms with Gasteiger partial charge in [-0.3, -0.25) is 9.10 Å². The summed E-state index contributed by atoms with van der Waals surface area (Å²) in [5.74, 6) is 0.121. The van der Waals surface area contributed by atoms with Gasteiger partial charge in [-0.2, -0.15) is 0 Å². The molecule has 0 spiro atoms. The van der Waals surface area contributed by atoms with Gasteiger partial charge in [0, 0.05) is 12.5 Å². The summed E-state index contributed by atoms with van der Waals surface area (Å²) in [5, 5.41) is 0. The molecule has 1 aliphatic heterocycles. The van der Waals surface area contributed by atoms with E-state index in [-0.39, 0.29) is 22.6 Å². The largest absolute Gasteiger partial charge is 0.292 e. The number of hydrogen-bond acceptors (Lipinski definition) is 3. The van der Waals surface area contributed by atoms with Crippen LogP contribution in [-0.2, 0) is 14.8 Å². The second-order valence-corrected chi connectivity index (χ2v) is 8.22. The van der Waals surface area contributed by atoms with Gasteiger partial charge in [-0.05, 0) is 50.3 Å². The molecule has 0 aromatic heterocycles. The van der Waals surface area contributed by atoms with Crippen LogP contribution in [-0.4, -0.2) is 24.5 Å². The van der Waals surface area contributed by atoms with Crippen LogP contribution in [0.25, 0.3) is 0 Å². The van der Waals surface area contributed by atoms with Crippen molar-refractivity contribution in [3.8, 4) is 0 Å². The summed E-state index contributed by atoms with van der Waals surface area (Å²) in [6, 6.07) is 6.63. The highest BCUT2D eigenvalue weighted by Crippen LogP contribution is 2.42. The van der Waals surface area contributed by atoms with Gasteiger partial charge < -0.3 is 0 Å². The molecule has 1 aromatic carbocycles. The quantitative estimate of drug-likeness (QED) is 0.842. The predicted octanol–water partition coefficient (Wildman–Crippen LogP) is 3.03. The standard InChI is InChI=1S/C17H21NO3S/c1-11-4-7-14(8-5-11)22(20,21)18-13(3)6-9-15-12(2)10-16(19)17(15)18/h4-5,7-8,12-13H,6,9-10H2,1-3H3/t12-,13-/m0/s1. The fourth-order valence-corrected chi connectivity index (χ4v) is 5.17. The van der Waals surface area contributed by atoms with Crippen molar-refractivity contribution in [3.05, 3.63) is 41.1 Å². The van der Waals surface area contributed by atoms with E-state index in [1.807, 2.05) is 20.8 Å². The molecule has 0 saturated heterocycles. The number of hydrogen-bond donors (Lipinski definition) is 0. The average molecular weight is 319 g/mol. The van der Waals surface area contributed by atoms with Gasteiger partial charge in [-0.1, -0.05) is 24.6 Å². The van der Waals surface area contributed by atoms with E-state index in [9.17, 15) is 13.2 Å². The van der Waals surface area contributed by atoms with Crippen LogP contribution in [0.15, 0.2) is 40.4 Å². The highest BCUT2D eigenvalue weighted by Gasteiger charge is 2.43. The molecule has 3 rings (SSSR count). The Labute approximate surface area is 131 Å². The van der Waals surface area contributed by atoms with Gasteiger partial charge in [0.05, 0.1) is 10.6 Å². The van der Waals surface area contributed by atoms with Crippen LogP contribution in [0.1, 0.15) is 38.7 Å². The molecule has 4 nitrogen and oxygen atoms in total. The third-order valence-electron chi connectivity index (χ3n) is 4.68. The van der Waals surface area contributed by atoms with Crippen LogP contribution in [0, 0.1) is 12.8 Å². The van der Waals surface area contributed by atoms with Gasteiger partial charge in [-0.15, -0.1) is 0 Å². The molecule has 118 valence electrons. The Kier molecular flexibility index (Phi) is 3.63. The SMILES string of the molecule is Cc1ccc(S(=O)(=O)N2C3=C(CC[C@@H]2C)[C@@H](C)CC3=O)cc1. The number of nitrogens with zero attached hydrogens (tertiary/aromatic N) is 1. The molecular weight excluding hydrogens is 298 g/mol. The van der Waals surface area contributed by atoms with Crippen molar-refractivity contribution >= 4 is 15.8 Å². The van der Waals surface area contributed by atoms with Crippen molar-refractivity contribution in [2.75, 3.05) is 0 Å². The fourth-order valence-electron chi connectivity index (χ4n) is 3.42. The number of ketones is 1. The van der Waals surface area contributed by atoms with Gasteiger partial charge in [0.25, 0.3) is 10.0 Å². The molecule has 0 saturated carbocycles. The third-order valence-corrected chi connectivity index (χ3v) is 6.61. The highest BCUT2D eigenvalue weighted by atomic mass is 32.2. The lowest BCUT2D eigenvalue weighted by molar-refractivity contribution is -0.116. The third kappa shape index (κ3) is 2.28. The molecule has 0 unspecified atom stereocenters. The molecule has 0 fully saturated rings. The molecule has 0 amide bonds. The topological polar surface area (TPSA) is 54.5 Å². The maximum absolute atomic E-state index is 13.0. The maximum Gasteiger partial charge on any atom is 0.264 e. The number of rotatable bonds is 2. The van der Waals surface area contributed by atoms with Crippen LogP contribution >= 0.6 is 0 Å². The van der Waals surface area contributed by atoms with E-state index in [2.05, 4.69) is 0 Å². The minimum atomic E-state index is -3.68. The Hall–Kier alpha value is -1.62. The zero-order valence-electron chi connectivity index (χ0n) is 13.2. The lowest BCUT2D eigenvalue weighted by Crippen LogP contribution is -2.42. The lowest BCUT2D eigenvalue weighted by atomic mass is 9.95. The smallest absolute Gasteiger partial charge is 0.264 e. The zero-order chi connectivity index (χ0) is 16.1. The Bertz CT molecular complexity index is 747. The summed E-state index contributed by atoms with van der Waals surface area (Å²) >= 11 is 0. The van der Waals surface area contributed by atoms with Gasteiger partial charge in [0.1, 0.15) is 0 Å². The van der Waals surface area contributed by atoms with Crippen molar-refractivity contribution in [2.45, 2.75) is 51.0 Å². The molecule has 1 heterocycles. The molecule has 2 atom stereocenters. The molecule has 0 N–H and O–H groups in total. The number of aryl methyl sites for hydroxylation is 1. The van der Waals surface area contributed by atoms with Gasteiger partial charge in [0.2, 0.25) is 0 Å². The average Bonchev–Trinajstić information content (AvgIpc) is 2.74. The Morgan fingerprint density at radius 1 is 1.14 bits per heavy atom. The predicted molar refractivity (Wildman–Crippen MR) is 84.7 cm³/mol. The lowest BCUT2D eigenvalue weighted by Gasteiger charge is -2.35. The first-order valence-corrected chi connectivity index (χ1v) is 9.13. The minimum absolute atomic E-state index is 0.0373. The first-order chi connectivity index (χ1) is 10.3. The van der Waals surface area contributed by atoms with Gasteiger partial charge in [0.15, 0.2) is 5.78 Å². The Morgan fingerprint density at radius 2 is 1.77 bits per heavy atom. The van der Waals surface area contributed by atoms with Crippen LogP contribution < -0.4 is 0 Å². The van der Waals surface area contributed by atoms with E-state index < -0.39 is 10.0 Å². The van der Waals surface area contributed by atoms with Gasteiger partial charge >= 0.3 is 0 Å². The molecule has 1 aliphatic carbocycles. The fraction of sp³-hybridized carbons (Fsp3) is 0.471. The number of benzene rings is 1. The molecule has 2 aliphatic rings. The number of carbonyl (C=O) groups is 1. The van der Waals surface area contributed by atoms with E-state index >= 15 is 0 Å². The minimum Gasteiger partial charge on any atom is -0.292 e. The van der Waals surface area contributed by atoms with Gasteiger partial charge in [-0.25, -0.2) is 8.42 Å². The van der Waals surface area contributed by atoms with Crippen molar-refractivity contribution in [3.63, 3.8) is 0 Å². The zero-order valence-corrected chi connectivity index (χ0v) is 14.0. The first-order valence-electron chi connectivity index (χ1n) is 7.69. The summed E-state index contributed by atoms with van der Waals surface area (Å²) < 4.78 is 27.5. The number of allylic oxidation sites excluding steroid dienone is 2. The monoisotopic (exact) mass is 319 g/mol. The van der Waals surface area contributed by atoms with Crippen LogP contribution in [0.5, 0.6) is 0 Å². The summed E-state index contributed by atoms with van der Waals surface area (Å²) in [5.41, 5.74) is 2.46. The summed E-state index contributed by atoms with van der Waals surface area (Å²) in [7, 11) is -3.68. The van der Waals surface area contributed by atoms with Crippen LogP contribution in [0.2, 0.25) is 0 Å². The molecule has 5 heteroatoms. The molecule has 1 aromatic rings. The number of Topliss-reactive ketones (excluding diaryl/α,β-unsaturated/α-hetero) is 1. The first kappa shape index (κ1) is 15.3. The Morgan fingerprint density at radius 3 is 2.41 bits per heavy atom. The highest BCUT2D eigenvalue weighted by molar-refractivity contribution is 7.89. The maximum atomic E-state index is 13.0. The van der Waals surface area contributed by atoms with E-state index in [0.717, 1.165) is 24.0 Å². The number of carbonyl (C=O) groups excluding carboxylic acids is 1. The van der Waals surface area contributed by atoms with Crippen molar-refractivity contribution < 1.29 is 13.2 Å². The van der Waals surface area contributed by atoms with Crippen molar-refractivity contribution in [2.24, 2.45) is 5.92 Å². The summed E-state index contributed by atoms with van der Waals surface area (Å²) in [6.07, 6.45) is 2.02. The van der Waals surface area contributed by atoms with Crippen molar-refractivity contribution in [1.29, 1.82) is 0 Å². The second-order valence-electron chi connectivity index (χ2n) is 6.40. The molecular formula is C17H21NO3S. The van der Waals surface area contributed by atoms with Crippen molar-refractivity contribution in [1.82, 2.24) is 4.31 Å². The molecule has 0 bridgehead atoms. The Balaban J connectivity index is 2.12. The van der Waals surface area contributed by atoms with Crippen LogP contribution in [0.4, 0.5) is 0 Å². The summed E-state index contributed by atoms with van der Waals surface area (Å²) in [4.78, 5) is 12.6.